The molecule has 0 saturated carbocycles. The number of aryl methyl sites for hydroxylation is 3. The lowest BCUT2D eigenvalue weighted by Gasteiger charge is -2.13. The zero-order chi connectivity index (χ0) is 12.6. The van der Waals surface area contributed by atoms with Crippen LogP contribution < -0.4 is 0 Å². The van der Waals surface area contributed by atoms with Gasteiger partial charge in [-0.2, -0.15) is 0 Å². The molecule has 1 unspecified atom stereocenters. The summed E-state index contributed by atoms with van der Waals surface area (Å²) in [6, 6.07) is 8.56. The van der Waals surface area contributed by atoms with Gasteiger partial charge in [0, 0.05) is 14.8 Å². The van der Waals surface area contributed by atoms with Crippen LogP contribution in [0.5, 0.6) is 0 Å². The highest BCUT2D eigenvalue weighted by Gasteiger charge is 2.15. The molecule has 0 aliphatic carbocycles. The number of halogens is 2. The standard InChI is InChI=1S/C14H14BrClS/c1-8-7-12(16)9(2)6-11(8)14(15)13-5-4-10(3)17-13/h4-7,14H,1-3H3. The van der Waals surface area contributed by atoms with Crippen LogP contribution in [-0.4, -0.2) is 0 Å². The Labute approximate surface area is 120 Å². The highest BCUT2D eigenvalue weighted by atomic mass is 79.9. The zero-order valence-electron chi connectivity index (χ0n) is 10.1. The van der Waals surface area contributed by atoms with Crippen molar-refractivity contribution in [3.63, 3.8) is 0 Å². The normalized spacial score (nSPS) is 12.8. The summed E-state index contributed by atoms with van der Waals surface area (Å²) >= 11 is 11.7. The Morgan fingerprint density at radius 1 is 1.12 bits per heavy atom. The molecule has 90 valence electrons. The molecule has 1 aromatic heterocycles. The third kappa shape index (κ3) is 2.75. The molecule has 2 aromatic rings. The molecule has 2 rings (SSSR count). The van der Waals surface area contributed by atoms with E-state index in [0.717, 1.165) is 10.6 Å². The summed E-state index contributed by atoms with van der Waals surface area (Å²) in [5.41, 5.74) is 3.66. The fraction of sp³-hybridized carbons (Fsp3) is 0.286. The van der Waals surface area contributed by atoms with Crippen molar-refractivity contribution < 1.29 is 0 Å². The molecule has 0 spiro atoms. The quantitative estimate of drug-likeness (QED) is 0.610. The number of rotatable bonds is 2. The van der Waals surface area contributed by atoms with E-state index in [1.807, 2.05) is 24.3 Å². The van der Waals surface area contributed by atoms with Gasteiger partial charge < -0.3 is 0 Å². The summed E-state index contributed by atoms with van der Waals surface area (Å²) in [4.78, 5) is 2.94. The van der Waals surface area contributed by atoms with E-state index in [2.05, 4.69) is 48.0 Å². The van der Waals surface area contributed by atoms with Gasteiger partial charge in [0.15, 0.2) is 0 Å². The fourth-order valence-electron chi connectivity index (χ4n) is 1.82. The van der Waals surface area contributed by atoms with Gasteiger partial charge in [0.25, 0.3) is 0 Å². The maximum Gasteiger partial charge on any atom is 0.0740 e. The minimum Gasteiger partial charge on any atom is -0.144 e. The van der Waals surface area contributed by atoms with E-state index in [-0.39, 0.29) is 4.83 Å². The van der Waals surface area contributed by atoms with Crippen molar-refractivity contribution in [1.82, 2.24) is 0 Å². The molecule has 1 heterocycles. The average Bonchev–Trinajstić information content (AvgIpc) is 2.69. The Bertz CT molecular complexity index is 545. The van der Waals surface area contributed by atoms with E-state index >= 15 is 0 Å². The minimum atomic E-state index is 0.261. The molecule has 3 heteroatoms. The topological polar surface area (TPSA) is 0 Å². The Morgan fingerprint density at radius 3 is 2.41 bits per heavy atom. The van der Waals surface area contributed by atoms with E-state index in [0.29, 0.717) is 0 Å². The van der Waals surface area contributed by atoms with Gasteiger partial charge in [-0.15, -0.1) is 11.3 Å². The summed E-state index contributed by atoms with van der Waals surface area (Å²) in [5.74, 6) is 0. The van der Waals surface area contributed by atoms with E-state index in [4.69, 9.17) is 11.6 Å². The highest BCUT2D eigenvalue weighted by Crippen LogP contribution is 2.38. The SMILES string of the molecule is Cc1ccc(C(Br)c2cc(C)c(Cl)cc2C)s1. The van der Waals surface area contributed by atoms with Crippen LogP contribution in [0.2, 0.25) is 5.02 Å². The summed E-state index contributed by atoms with van der Waals surface area (Å²) < 4.78 is 0. The van der Waals surface area contributed by atoms with Crippen molar-refractivity contribution in [1.29, 1.82) is 0 Å². The van der Waals surface area contributed by atoms with Crippen LogP contribution in [0.25, 0.3) is 0 Å². The second-order valence-electron chi connectivity index (χ2n) is 4.27. The van der Waals surface area contributed by atoms with Gasteiger partial charge in [-0.05, 0) is 55.7 Å². The number of hydrogen-bond donors (Lipinski definition) is 0. The third-order valence-corrected chi connectivity index (χ3v) is 5.59. The maximum absolute atomic E-state index is 6.13. The molecule has 1 aromatic carbocycles. The van der Waals surface area contributed by atoms with Gasteiger partial charge in [-0.25, -0.2) is 0 Å². The van der Waals surface area contributed by atoms with E-state index in [1.54, 1.807) is 0 Å². The first-order chi connectivity index (χ1) is 7.99. The number of benzene rings is 1. The Morgan fingerprint density at radius 2 is 1.82 bits per heavy atom. The van der Waals surface area contributed by atoms with Crippen molar-refractivity contribution >= 4 is 38.9 Å². The van der Waals surface area contributed by atoms with E-state index in [1.165, 1.54) is 20.9 Å². The molecule has 0 bridgehead atoms. The van der Waals surface area contributed by atoms with Crippen LogP contribution in [0.3, 0.4) is 0 Å². The zero-order valence-corrected chi connectivity index (χ0v) is 13.2. The predicted octanol–water partition coefficient (Wildman–Crippen LogP) is 5.81. The molecule has 0 fully saturated rings. The van der Waals surface area contributed by atoms with Crippen molar-refractivity contribution in [3.05, 3.63) is 55.7 Å². The molecular weight excluding hydrogens is 316 g/mol. The molecule has 0 N–H and O–H groups in total. The second-order valence-corrected chi connectivity index (χ2v) is 6.91. The Hall–Kier alpha value is -0.310. The molecule has 0 aliphatic heterocycles. The Kier molecular flexibility index (Phi) is 3.96. The van der Waals surface area contributed by atoms with Gasteiger partial charge in [0.1, 0.15) is 0 Å². The summed E-state index contributed by atoms with van der Waals surface area (Å²) in [5, 5.41) is 0.841. The van der Waals surface area contributed by atoms with Crippen LogP contribution in [0, 0.1) is 20.8 Å². The summed E-state index contributed by atoms with van der Waals surface area (Å²) in [6.07, 6.45) is 0. The fourth-order valence-corrected chi connectivity index (χ4v) is 3.84. The molecule has 0 nitrogen and oxygen atoms in total. The molecule has 1 atom stereocenters. The first-order valence-electron chi connectivity index (χ1n) is 5.46. The molecule has 17 heavy (non-hydrogen) atoms. The lowest BCUT2D eigenvalue weighted by molar-refractivity contribution is 1.16. The van der Waals surface area contributed by atoms with Gasteiger partial charge in [0.2, 0.25) is 0 Å². The van der Waals surface area contributed by atoms with Crippen LogP contribution in [-0.2, 0) is 0 Å². The number of alkyl halides is 1. The van der Waals surface area contributed by atoms with Gasteiger partial charge in [-0.3, -0.25) is 0 Å². The lowest BCUT2D eigenvalue weighted by atomic mass is 10.0. The third-order valence-electron chi connectivity index (χ3n) is 2.83. The predicted molar refractivity (Wildman–Crippen MR) is 80.8 cm³/mol. The molecule has 0 saturated heterocycles. The lowest BCUT2D eigenvalue weighted by Crippen LogP contribution is -1.95. The summed E-state index contributed by atoms with van der Waals surface area (Å²) in [7, 11) is 0. The van der Waals surface area contributed by atoms with E-state index in [9.17, 15) is 0 Å². The van der Waals surface area contributed by atoms with Gasteiger partial charge >= 0.3 is 0 Å². The first-order valence-corrected chi connectivity index (χ1v) is 7.57. The smallest absolute Gasteiger partial charge is 0.0740 e. The molecule has 0 radical (unpaired) electrons. The maximum atomic E-state index is 6.13. The van der Waals surface area contributed by atoms with Crippen LogP contribution in [0.1, 0.15) is 31.3 Å². The first kappa shape index (κ1) is 13.1. The average molecular weight is 330 g/mol. The highest BCUT2D eigenvalue weighted by molar-refractivity contribution is 9.09. The number of hydrogen-bond acceptors (Lipinski definition) is 1. The molecular formula is C14H14BrClS. The van der Waals surface area contributed by atoms with Gasteiger partial charge in [0.05, 0.1) is 4.83 Å². The van der Waals surface area contributed by atoms with Crippen LogP contribution in [0.15, 0.2) is 24.3 Å². The monoisotopic (exact) mass is 328 g/mol. The van der Waals surface area contributed by atoms with Crippen LogP contribution in [0.4, 0.5) is 0 Å². The Balaban J connectivity index is 2.43. The van der Waals surface area contributed by atoms with Crippen molar-refractivity contribution in [2.75, 3.05) is 0 Å². The largest absolute Gasteiger partial charge is 0.144 e. The van der Waals surface area contributed by atoms with Crippen LogP contribution >= 0.6 is 38.9 Å². The summed E-state index contributed by atoms with van der Waals surface area (Å²) in [6.45, 7) is 6.29. The van der Waals surface area contributed by atoms with Gasteiger partial charge in [-0.1, -0.05) is 33.6 Å². The minimum absolute atomic E-state index is 0.261. The van der Waals surface area contributed by atoms with Crippen molar-refractivity contribution in [3.8, 4) is 0 Å². The van der Waals surface area contributed by atoms with Crippen molar-refractivity contribution in [2.45, 2.75) is 25.6 Å². The van der Waals surface area contributed by atoms with E-state index < -0.39 is 0 Å². The molecule has 0 aliphatic rings. The second kappa shape index (κ2) is 5.13. The van der Waals surface area contributed by atoms with Crippen molar-refractivity contribution in [2.24, 2.45) is 0 Å². The molecule has 0 amide bonds. The number of thiophene rings is 1.